The number of nitrogens with two attached hydrogens (primary N) is 1. The van der Waals surface area contributed by atoms with Crippen LogP contribution in [0.15, 0.2) is 64.4 Å². The summed E-state index contributed by atoms with van der Waals surface area (Å²) in [5, 5.41) is 13.5. The van der Waals surface area contributed by atoms with Crippen LogP contribution in [0.3, 0.4) is 0 Å². The average molecular weight is 422 g/mol. The maximum absolute atomic E-state index is 12.0. The van der Waals surface area contributed by atoms with Gasteiger partial charge in [-0.05, 0) is 37.3 Å². The monoisotopic (exact) mass is 422 g/mol. The molecule has 0 amide bonds. The predicted molar refractivity (Wildman–Crippen MR) is 107 cm³/mol. The van der Waals surface area contributed by atoms with Crippen LogP contribution in [-0.4, -0.2) is 31.9 Å². The molecule has 0 radical (unpaired) electrons. The third kappa shape index (κ3) is 3.67. The fraction of sp³-hybridized carbons (Fsp3) is 0.111. The molecule has 8 nitrogen and oxygen atoms in total. The lowest BCUT2D eigenvalue weighted by molar-refractivity contribution is 0.268. The van der Waals surface area contributed by atoms with E-state index in [4.69, 9.17) is 5.73 Å². The number of aliphatic hydroxyl groups excluding tert-OH is 1. The molecule has 10 heteroatoms. The van der Waals surface area contributed by atoms with Gasteiger partial charge >= 0.3 is 0 Å². The Morgan fingerprint density at radius 1 is 0.964 bits per heavy atom. The number of benzene rings is 3. The van der Waals surface area contributed by atoms with E-state index in [-0.39, 0.29) is 10.6 Å². The van der Waals surface area contributed by atoms with Crippen molar-refractivity contribution >= 4 is 47.8 Å². The first-order valence-electron chi connectivity index (χ1n) is 8.09. The number of hydrogen-bond donors (Lipinski definition) is 4. The summed E-state index contributed by atoms with van der Waals surface area (Å²) in [6, 6.07) is 13.6. The van der Waals surface area contributed by atoms with E-state index in [0.717, 1.165) is 0 Å². The lowest BCUT2D eigenvalue weighted by Crippen LogP contribution is -2.16. The van der Waals surface area contributed by atoms with Gasteiger partial charge in [0.05, 0.1) is 10.6 Å². The van der Waals surface area contributed by atoms with Crippen molar-refractivity contribution < 1.29 is 26.5 Å². The minimum Gasteiger partial charge on any atom is -0.397 e. The lowest BCUT2D eigenvalue weighted by Gasteiger charge is -2.15. The van der Waals surface area contributed by atoms with Crippen LogP contribution < -0.4 is 11.1 Å². The highest BCUT2D eigenvalue weighted by molar-refractivity contribution is 7.91. The van der Waals surface area contributed by atoms with Gasteiger partial charge in [-0.15, -0.1) is 0 Å². The second kappa shape index (κ2) is 7.06. The molecule has 0 heterocycles. The van der Waals surface area contributed by atoms with Crippen LogP contribution in [0.25, 0.3) is 10.8 Å². The van der Waals surface area contributed by atoms with Crippen molar-refractivity contribution in [3.8, 4) is 0 Å². The van der Waals surface area contributed by atoms with Crippen LogP contribution in [0.4, 0.5) is 17.1 Å². The minimum absolute atomic E-state index is 0.0474. The van der Waals surface area contributed by atoms with Gasteiger partial charge in [-0.2, -0.15) is 8.42 Å². The molecule has 0 aliphatic heterocycles. The van der Waals surface area contributed by atoms with E-state index in [1.54, 1.807) is 24.3 Å². The molecule has 5 N–H and O–H groups in total. The fourth-order valence-electron chi connectivity index (χ4n) is 2.77. The molecule has 0 spiro atoms. The maximum Gasteiger partial charge on any atom is 0.296 e. The van der Waals surface area contributed by atoms with Gasteiger partial charge in [0.1, 0.15) is 4.90 Å². The SMILES string of the molecule is CC(O)S(=O)(=O)c1ccc(Nc2cc(S(=O)(=O)O)c(N)c3ccccc23)cc1. The van der Waals surface area contributed by atoms with Gasteiger partial charge in [-0.1, -0.05) is 24.3 Å². The van der Waals surface area contributed by atoms with Gasteiger partial charge in [0, 0.05) is 22.1 Å². The summed E-state index contributed by atoms with van der Waals surface area (Å²) >= 11 is 0. The molecule has 1 unspecified atom stereocenters. The summed E-state index contributed by atoms with van der Waals surface area (Å²) in [5.41, 5.74) is 5.14. The third-order valence-electron chi connectivity index (χ3n) is 4.24. The molecule has 0 aromatic heterocycles. The zero-order valence-electron chi connectivity index (χ0n) is 14.7. The Morgan fingerprint density at radius 3 is 2.07 bits per heavy atom. The molecule has 3 rings (SSSR count). The minimum atomic E-state index is -4.55. The highest BCUT2D eigenvalue weighted by Crippen LogP contribution is 2.35. The predicted octanol–water partition coefficient (Wildman–Crippen LogP) is 2.52. The van der Waals surface area contributed by atoms with Crippen LogP contribution in [0.1, 0.15) is 6.92 Å². The molecular weight excluding hydrogens is 404 g/mol. The molecule has 3 aromatic rings. The van der Waals surface area contributed by atoms with E-state index >= 15 is 0 Å². The molecule has 28 heavy (non-hydrogen) atoms. The first-order valence-corrected chi connectivity index (χ1v) is 11.1. The molecule has 0 saturated heterocycles. The van der Waals surface area contributed by atoms with Gasteiger partial charge in [-0.25, -0.2) is 8.42 Å². The Hall–Kier alpha value is -2.66. The Kier molecular flexibility index (Phi) is 5.06. The zero-order chi connectivity index (χ0) is 20.7. The molecule has 0 fully saturated rings. The van der Waals surface area contributed by atoms with E-state index in [1.165, 1.54) is 37.3 Å². The van der Waals surface area contributed by atoms with Gasteiger partial charge in [0.2, 0.25) is 9.84 Å². The number of fused-ring (bicyclic) bond motifs is 1. The first-order chi connectivity index (χ1) is 13.0. The number of anilines is 3. The molecule has 0 saturated carbocycles. The summed E-state index contributed by atoms with van der Waals surface area (Å²) in [7, 11) is -8.38. The van der Waals surface area contributed by atoms with Crippen molar-refractivity contribution in [1.82, 2.24) is 0 Å². The second-order valence-electron chi connectivity index (χ2n) is 6.15. The normalized spacial score (nSPS) is 13.4. The van der Waals surface area contributed by atoms with Gasteiger partial charge in [0.25, 0.3) is 10.1 Å². The summed E-state index contributed by atoms with van der Waals surface area (Å²) in [4.78, 5) is -0.476. The van der Waals surface area contributed by atoms with E-state index < -0.39 is 30.3 Å². The Bertz CT molecular complexity index is 1250. The van der Waals surface area contributed by atoms with Crippen LogP contribution in [0, 0.1) is 0 Å². The van der Waals surface area contributed by atoms with E-state index in [2.05, 4.69) is 5.32 Å². The van der Waals surface area contributed by atoms with Crippen LogP contribution in [0.5, 0.6) is 0 Å². The van der Waals surface area contributed by atoms with Gasteiger partial charge < -0.3 is 16.2 Å². The van der Waals surface area contributed by atoms with Crippen molar-refractivity contribution in [3.63, 3.8) is 0 Å². The number of sulfone groups is 1. The van der Waals surface area contributed by atoms with Crippen molar-refractivity contribution in [2.75, 3.05) is 11.1 Å². The van der Waals surface area contributed by atoms with Crippen LogP contribution in [-0.2, 0) is 20.0 Å². The summed E-state index contributed by atoms with van der Waals surface area (Å²) in [6.07, 6.45) is 0. The topological polar surface area (TPSA) is 147 Å². The van der Waals surface area contributed by atoms with Crippen molar-refractivity contribution in [2.24, 2.45) is 0 Å². The largest absolute Gasteiger partial charge is 0.397 e. The van der Waals surface area contributed by atoms with Gasteiger partial charge in [-0.3, -0.25) is 4.55 Å². The molecule has 3 aromatic carbocycles. The Morgan fingerprint density at radius 2 is 1.54 bits per heavy atom. The third-order valence-corrected chi connectivity index (χ3v) is 6.96. The van der Waals surface area contributed by atoms with Crippen LogP contribution >= 0.6 is 0 Å². The highest BCUT2D eigenvalue weighted by atomic mass is 32.2. The standard InChI is InChI=1S/C18H18N2O6S2/c1-11(21)27(22,23)13-8-6-12(7-9-13)20-16-10-17(28(24,25)26)18(19)15-5-3-2-4-14(15)16/h2-11,20-21H,19H2,1H3,(H,24,25,26). The van der Waals surface area contributed by atoms with Crippen LogP contribution in [0.2, 0.25) is 0 Å². The molecule has 0 aliphatic rings. The number of aliphatic hydroxyl groups is 1. The van der Waals surface area contributed by atoms with Crippen molar-refractivity contribution in [3.05, 3.63) is 54.6 Å². The first kappa shape index (κ1) is 20.1. The second-order valence-corrected chi connectivity index (χ2v) is 9.78. The average Bonchev–Trinajstić information content (AvgIpc) is 2.63. The lowest BCUT2D eigenvalue weighted by atomic mass is 10.1. The van der Waals surface area contributed by atoms with Gasteiger partial charge in [0.15, 0.2) is 5.44 Å². The molecular formula is C18H18N2O6S2. The van der Waals surface area contributed by atoms with E-state index in [1.807, 2.05) is 0 Å². The summed E-state index contributed by atoms with van der Waals surface area (Å²) < 4.78 is 56.8. The molecule has 0 bridgehead atoms. The molecule has 148 valence electrons. The van der Waals surface area contributed by atoms with E-state index in [0.29, 0.717) is 22.1 Å². The zero-order valence-corrected chi connectivity index (χ0v) is 16.3. The number of nitrogen functional groups attached to an aromatic ring is 1. The molecule has 0 aliphatic carbocycles. The van der Waals surface area contributed by atoms with Crippen molar-refractivity contribution in [2.45, 2.75) is 22.2 Å². The quantitative estimate of drug-likeness (QED) is 0.362. The van der Waals surface area contributed by atoms with E-state index in [9.17, 15) is 26.5 Å². The smallest absolute Gasteiger partial charge is 0.296 e. The Labute approximate surface area is 162 Å². The van der Waals surface area contributed by atoms with Crippen molar-refractivity contribution in [1.29, 1.82) is 0 Å². The summed E-state index contributed by atoms with van der Waals surface area (Å²) in [6.45, 7) is 1.17. The molecule has 1 atom stereocenters. The maximum atomic E-state index is 12.0. The summed E-state index contributed by atoms with van der Waals surface area (Å²) in [5.74, 6) is 0. The highest BCUT2D eigenvalue weighted by Gasteiger charge is 2.21. The fourth-order valence-corrected chi connectivity index (χ4v) is 4.33. The number of hydrogen-bond acceptors (Lipinski definition) is 7. The Balaban J connectivity index is 2.09. The number of nitrogens with one attached hydrogen (secondary N) is 1. The number of rotatable bonds is 5.